The Labute approximate surface area is 165 Å². The number of amides is 2. The van der Waals surface area contributed by atoms with Gasteiger partial charge in [0.15, 0.2) is 12.6 Å². The highest BCUT2D eigenvalue weighted by atomic mass is 35.5. The fourth-order valence-electron chi connectivity index (χ4n) is 2.92. The second kappa shape index (κ2) is 9.53. The number of carbonyl (C=O) groups is 2. The van der Waals surface area contributed by atoms with Crippen molar-refractivity contribution >= 4 is 29.1 Å². The van der Waals surface area contributed by atoms with Crippen LogP contribution in [0.15, 0.2) is 48.5 Å². The van der Waals surface area contributed by atoms with Gasteiger partial charge in [-0.3, -0.25) is 9.59 Å². The van der Waals surface area contributed by atoms with Crippen LogP contribution in [0.2, 0.25) is 5.02 Å². The molecule has 0 radical (unpaired) electrons. The van der Waals surface area contributed by atoms with E-state index in [-0.39, 0.29) is 24.4 Å². The summed E-state index contributed by atoms with van der Waals surface area (Å²) in [5, 5.41) is 6.40. The summed E-state index contributed by atoms with van der Waals surface area (Å²) in [7, 11) is 1.85. The van der Waals surface area contributed by atoms with Crippen molar-refractivity contribution in [3.63, 3.8) is 0 Å². The van der Waals surface area contributed by atoms with Crippen LogP contribution in [0, 0.1) is 6.92 Å². The van der Waals surface area contributed by atoms with E-state index in [4.69, 9.17) is 11.6 Å². The third-order valence-corrected chi connectivity index (χ3v) is 4.62. The van der Waals surface area contributed by atoms with Crippen molar-refractivity contribution in [3.05, 3.63) is 64.7 Å². The van der Waals surface area contributed by atoms with Crippen LogP contribution < -0.4 is 15.5 Å². The van der Waals surface area contributed by atoms with Gasteiger partial charge in [-0.05, 0) is 38.5 Å². The highest BCUT2D eigenvalue weighted by Gasteiger charge is 2.30. The van der Waals surface area contributed by atoms with Crippen LogP contribution in [0.5, 0.6) is 0 Å². The lowest BCUT2D eigenvalue weighted by molar-refractivity contribution is -0.894. The minimum Gasteiger partial charge on any atom is -0.349 e. The molecule has 0 aromatic heterocycles. The van der Waals surface area contributed by atoms with Crippen molar-refractivity contribution < 1.29 is 14.5 Å². The highest BCUT2D eigenvalue weighted by Crippen LogP contribution is 2.21. The highest BCUT2D eigenvalue weighted by molar-refractivity contribution is 6.31. The number of aryl methyl sites for hydroxylation is 1. The van der Waals surface area contributed by atoms with Crippen LogP contribution >= 0.6 is 11.6 Å². The SMILES string of the molecule is Cc1ccc(NC(=O)[C@H](c2ccccc2)[NH+](C)CC(=O)NC(C)C)cc1Cl. The van der Waals surface area contributed by atoms with Crippen molar-refractivity contribution in [2.45, 2.75) is 32.9 Å². The van der Waals surface area contributed by atoms with E-state index in [1.807, 2.05) is 70.3 Å². The number of quaternary nitrogens is 1. The number of anilines is 1. The molecule has 0 spiro atoms. The van der Waals surface area contributed by atoms with Gasteiger partial charge in [0.2, 0.25) is 0 Å². The smallest absolute Gasteiger partial charge is 0.287 e. The Morgan fingerprint density at radius 3 is 2.37 bits per heavy atom. The summed E-state index contributed by atoms with van der Waals surface area (Å²) >= 11 is 6.16. The maximum atomic E-state index is 13.0. The molecule has 2 atom stereocenters. The lowest BCUT2D eigenvalue weighted by Gasteiger charge is -2.24. The number of halogens is 1. The molecule has 1 unspecified atom stereocenters. The molecule has 0 heterocycles. The van der Waals surface area contributed by atoms with E-state index in [0.29, 0.717) is 10.7 Å². The van der Waals surface area contributed by atoms with Crippen LogP contribution in [0.3, 0.4) is 0 Å². The summed E-state index contributed by atoms with van der Waals surface area (Å²) in [6, 6.07) is 14.4. The molecule has 0 aliphatic rings. The Morgan fingerprint density at radius 2 is 1.78 bits per heavy atom. The number of nitrogens with one attached hydrogen (secondary N) is 3. The quantitative estimate of drug-likeness (QED) is 0.681. The average molecular weight is 389 g/mol. The molecule has 2 amide bonds. The summed E-state index contributed by atoms with van der Waals surface area (Å²) in [5.74, 6) is -0.273. The molecular formula is C21H27ClN3O2+. The molecule has 0 saturated carbocycles. The first-order valence-corrected chi connectivity index (χ1v) is 9.39. The first-order chi connectivity index (χ1) is 12.8. The molecule has 0 aliphatic carbocycles. The molecule has 0 fully saturated rings. The number of hydrogen-bond donors (Lipinski definition) is 3. The first kappa shape index (κ1) is 20.9. The van der Waals surface area contributed by atoms with Gasteiger partial charge in [-0.2, -0.15) is 0 Å². The van der Waals surface area contributed by atoms with Gasteiger partial charge in [-0.15, -0.1) is 0 Å². The molecule has 0 bridgehead atoms. The molecule has 144 valence electrons. The van der Waals surface area contributed by atoms with E-state index in [9.17, 15) is 9.59 Å². The lowest BCUT2D eigenvalue weighted by atomic mass is 10.0. The van der Waals surface area contributed by atoms with Gasteiger partial charge in [0.05, 0.1) is 7.05 Å². The minimum atomic E-state index is -0.524. The van der Waals surface area contributed by atoms with E-state index in [0.717, 1.165) is 16.0 Å². The Kier molecular flexibility index (Phi) is 7.39. The summed E-state index contributed by atoms with van der Waals surface area (Å²) in [6.45, 7) is 5.93. The Bertz CT molecular complexity index is 793. The van der Waals surface area contributed by atoms with E-state index >= 15 is 0 Å². The summed E-state index contributed by atoms with van der Waals surface area (Å²) in [6.07, 6.45) is 0. The number of hydrogen-bond acceptors (Lipinski definition) is 2. The average Bonchev–Trinajstić information content (AvgIpc) is 2.58. The van der Waals surface area contributed by atoms with E-state index in [1.165, 1.54) is 0 Å². The molecular weight excluding hydrogens is 362 g/mol. The number of benzene rings is 2. The van der Waals surface area contributed by atoms with Crippen molar-refractivity contribution in [2.75, 3.05) is 18.9 Å². The second-order valence-corrected chi connectivity index (χ2v) is 7.45. The third kappa shape index (κ3) is 6.08. The van der Waals surface area contributed by atoms with Crippen molar-refractivity contribution in [2.24, 2.45) is 0 Å². The fraction of sp³-hybridized carbons (Fsp3) is 0.333. The lowest BCUT2D eigenvalue weighted by Crippen LogP contribution is -3.11. The standard InChI is InChI=1S/C21H26ClN3O2/c1-14(2)23-19(26)13-25(4)20(16-8-6-5-7-9-16)21(27)24-17-11-10-15(3)18(22)12-17/h5-12,14,20H,13H2,1-4H3,(H,23,26)(H,24,27)/p+1/t20-/m0/s1. The zero-order chi connectivity index (χ0) is 20.0. The summed E-state index contributed by atoms with van der Waals surface area (Å²) in [5.41, 5.74) is 2.43. The number of rotatable bonds is 7. The topological polar surface area (TPSA) is 62.6 Å². The van der Waals surface area contributed by atoms with Crippen LogP contribution in [0.25, 0.3) is 0 Å². The molecule has 0 saturated heterocycles. The Morgan fingerprint density at radius 1 is 1.11 bits per heavy atom. The van der Waals surface area contributed by atoms with E-state index < -0.39 is 6.04 Å². The fourth-order valence-corrected chi connectivity index (χ4v) is 3.10. The van der Waals surface area contributed by atoms with Crippen molar-refractivity contribution in [1.29, 1.82) is 0 Å². The number of carbonyl (C=O) groups excluding carboxylic acids is 2. The molecule has 2 rings (SSSR count). The third-order valence-electron chi connectivity index (χ3n) is 4.22. The maximum Gasteiger partial charge on any atom is 0.287 e. The van der Waals surface area contributed by atoms with Gasteiger partial charge >= 0.3 is 0 Å². The summed E-state index contributed by atoms with van der Waals surface area (Å²) < 4.78 is 0. The monoisotopic (exact) mass is 388 g/mol. The zero-order valence-electron chi connectivity index (χ0n) is 16.2. The predicted molar refractivity (Wildman–Crippen MR) is 109 cm³/mol. The minimum absolute atomic E-state index is 0.0593. The maximum absolute atomic E-state index is 13.0. The van der Waals surface area contributed by atoms with E-state index in [2.05, 4.69) is 10.6 Å². The van der Waals surface area contributed by atoms with Crippen LogP contribution in [-0.2, 0) is 9.59 Å². The van der Waals surface area contributed by atoms with Crippen molar-refractivity contribution in [1.82, 2.24) is 5.32 Å². The second-order valence-electron chi connectivity index (χ2n) is 7.04. The van der Waals surface area contributed by atoms with Gasteiger partial charge in [-0.1, -0.05) is 48.0 Å². The molecule has 0 aliphatic heterocycles. The zero-order valence-corrected chi connectivity index (χ0v) is 16.9. The van der Waals surface area contributed by atoms with Crippen molar-refractivity contribution in [3.8, 4) is 0 Å². The van der Waals surface area contributed by atoms with Crippen LogP contribution in [0.1, 0.15) is 31.0 Å². The first-order valence-electron chi connectivity index (χ1n) is 9.01. The van der Waals surface area contributed by atoms with Gasteiger partial charge < -0.3 is 15.5 Å². The van der Waals surface area contributed by atoms with E-state index in [1.54, 1.807) is 6.07 Å². The molecule has 5 nitrogen and oxygen atoms in total. The molecule has 2 aromatic rings. The Hall–Kier alpha value is -2.37. The largest absolute Gasteiger partial charge is 0.349 e. The van der Waals surface area contributed by atoms with Gasteiger partial charge in [0.25, 0.3) is 11.8 Å². The molecule has 27 heavy (non-hydrogen) atoms. The number of likely N-dealkylation sites (N-methyl/N-ethyl adjacent to an activating group) is 1. The predicted octanol–water partition coefficient (Wildman–Crippen LogP) is 2.37. The van der Waals surface area contributed by atoms with Gasteiger partial charge in [-0.25, -0.2) is 0 Å². The molecule has 2 aromatic carbocycles. The van der Waals surface area contributed by atoms with Crippen LogP contribution in [0.4, 0.5) is 5.69 Å². The Balaban J connectivity index is 2.22. The summed E-state index contributed by atoms with van der Waals surface area (Å²) in [4.78, 5) is 26.0. The molecule has 3 N–H and O–H groups in total. The molecule has 6 heteroatoms. The van der Waals surface area contributed by atoms with Crippen LogP contribution in [-0.4, -0.2) is 31.4 Å². The normalized spacial score (nSPS) is 13.1. The van der Waals surface area contributed by atoms with Gasteiger partial charge in [0, 0.05) is 22.3 Å². The van der Waals surface area contributed by atoms with Gasteiger partial charge in [0.1, 0.15) is 0 Å².